The van der Waals surface area contributed by atoms with Crippen molar-refractivity contribution in [3.8, 4) is 0 Å². The summed E-state index contributed by atoms with van der Waals surface area (Å²) >= 11 is 6.77. The Labute approximate surface area is 190 Å². The molecule has 32 heavy (non-hydrogen) atoms. The van der Waals surface area contributed by atoms with Crippen LogP contribution in [0, 0.1) is 0 Å². The van der Waals surface area contributed by atoms with Gasteiger partial charge in [-0.25, -0.2) is 4.79 Å². The van der Waals surface area contributed by atoms with Crippen molar-refractivity contribution in [2.75, 3.05) is 10.6 Å². The highest BCUT2D eigenvalue weighted by atomic mass is 35.5. The van der Waals surface area contributed by atoms with Crippen LogP contribution in [0.2, 0.25) is 5.02 Å². The number of carbonyl (C=O) groups is 3. The summed E-state index contributed by atoms with van der Waals surface area (Å²) in [5.41, 5.74) is -1.07. The number of thioether (sulfide) groups is 1. The molecular weight excluding hydrogens is 469 g/mol. The lowest BCUT2D eigenvalue weighted by Crippen LogP contribution is -2.26. The lowest BCUT2D eigenvalue weighted by atomic mass is 10.1. The number of carboxylic acid groups (broad SMARTS) is 1. The maximum absolute atomic E-state index is 13.3. The zero-order valence-electron chi connectivity index (χ0n) is 16.6. The first-order valence-electron chi connectivity index (χ1n) is 9.16. The number of rotatable bonds is 8. The van der Waals surface area contributed by atoms with Crippen LogP contribution in [0.5, 0.6) is 0 Å². The summed E-state index contributed by atoms with van der Waals surface area (Å²) in [7, 11) is 0. The molecule has 0 bridgehead atoms. The highest BCUT2D eigenvalue weighted by molar-refractivity contribution is 8.00. The fourth-order valence-electron chi connectivity index (χ4n) is 2.54. The van der Waals surface area contributed by atoms with E-state index in [0.717, 1.165) is 30.0 Å². The van der Waals surface area contributed by atoms with Crippen molar-refractivity contribution in [1.82, 2.24) is 0 Å². The topological polar surface area (TPSA) is 95.5 Å². The van der Waals surface area contributed by atoms with E-state index >= 15 is 0 Å². The summed E-state index contributed by atoms with van der Waals surface area (Å²) in [6.45, 7) is 1.71. The predicted octanol–water partition coefficient (Wildman–Crippen LogP) is 5.45. The van der Waals surface area contributed by atoms with E-state index in [2.05, 4.69) is 10.6 Å². The Kier molecular flexibility index (Phi) is 8.73. The van der Waals surface area contributed by atoms with Gasteiger partial charge in [0.05, 0.1) is 16.5 Å². The molecule has 2 aromatic rings. The van der Waals surface area contributed by atoms with Crippen LogP contribution in [0.1, 0.15) is 18.9 Å². The van der Waals surface area contributed by atoms with Gasteiger partial charge in [-0.2, -0.15) is 13.2 Å². The molecule has 1 unspecified atom stereocenters. The number of carbonyl (C=O) groups excluding carboxylic acids is 2. The van der Waals surface area contributed by atoms with Crippen LogP contribution in [0.15, 0.2) is 59.5 Å². The third-order valence-electron chi connectivity index (χ3n) is 3.97. The van der Waals surface area contributed by atoms with E-state index in [4.69, 9.17) is 16.7 Å². The Hall–Kier alpha value is -2.98. The Morgan fingerprint density at radius 2 is 1.84 bits per heavy atom. The second kappa shape index (κ2) is 11.1. The van der Waals surface area contributed by atoms with Crippen LogP contribution in [-0.2, 0) is 20.6 Å². The fraction of sp³-hybridized carbons (Fsp3) is 0.190. The molecule has 0 heterocycles. The molecule has 0 fully saturated rings. The van der Waals surface area contributed by atoms with Crippen molar-refractivity contribution < 1.29 is 32.7 Å². The lowest BCUT2D eigenvalue weighted by Gasteiger charge is -2.18. The highest BCUT2D eigenvalue weighted by Gasteiger charge is 2.34. The number of amides is 2. The molecule has 0 spiro atoms. The van der Waals surface area contributed by atoms with Crippen LogP contribution in [0.25, 0.3) is 0 Å². The number of halogens is 4. The van der Waals surface area contributed by atoms with Crippen LogP contribution >= 0.6 is 23.4 Å². The van der Waals surface area contributed by atoms with Gasteiger partial charge in [-0.15, -0.1) is 11.8 Å². The molecule has 1 atom stereocenters. The minimum atomic E-state index is -4.69. The zero-order valence-corrected chi connectivity index (χ0v) is 18.1. The van der Waals surface area contributed by atoms with Crippen LogP contribution < -0.4 is 10.6 Å². The molecule has 0 saturated carbocycles. The number of nitrogens with one attached hydrogen (secondary N) is 2. The first-order chi connectivity index (χ1) is 15.0. The maximum atomic E-state index is 13.3. The largest absolute Gasteiger partial charge is 0.478 e. The van der Waals surface area contributed by atoms with Crippen molar-refractivity contribution >= 4 is 52.5 Å². The maximum Gasteiger partial charge on any atom is 0.418 e. The molecule has 0 saturated heterocycles. The second-order valence-corrected chi connectivity index (χ2v) is 8.09. The van der Waals surface area contributed by atoms with Crippen molar-refractivity contribution in [1.29, 1.82) is 0 Å². The minimum Gasteiger partial charge on any atom is -0.478 e. The van der Waals surface area contributed by atoms with E-state index in [9.17, 15) is 27.6 Å². The smallest absolute Gasteiger partial charge is 0.418 e. The third kappa shape index (κ3) is 7.61. The standard InChI is InChI=1S/C21H18ClF3N2O4S/c1-2-17(20(31)27-16-7-6-12(22)10-15(16)21(23,24)25)32-14-5-3-4-13(11-14)26-18(28)8-9-19(29)30/h3-11,17H,2H2,1H3,(H,26,28)(H,27,31)(H,29,30)/b9-8+. The fourth-order valence-corrected chi connectivity index (χ4v) is 3.72. The molecule has 2 rings (SSSR count). The van der Waals surface area contributed by atoms with E-state index < -0.39 is 40.5 Å². The van der Waals surface area contributed by atoms with Crippen molar-refractivity contribution in [2.24, 2.45) is 0 Å². The third-order valence-corrected chi connectivity index (χ3v) is 5.56. The van der Waals surface area contributed by atoms with Gasteiger partial charge in [0.1, 0.15) is 0 Å². The molecule has 0 aliphatic carbocycles. The molecule has 2 amide bonds. The summed E-state index contributed by atoms with van der Waals surface area (Å²) in [5.74, 6) is -2.54. The second-order valence-electron chi connectivity index (χ2n) is 6.38. The van der Waals surface area contributed by atoms with Crippen molar-refractivity contribution in [2.45, 2.75) is 29.7 Å². The number of benzene rings is 2. The molecule has 6 nitrogen and oxygen atoms in total. The lowest BCUT2D eigenvalue weighted by molar-refractivity contribution is -0.137. The Morgan fingerprint density at radius 1 is 1.12 bits per heavy atom. The van der Waals surface area contributed by atoms with Gasteiger partial charge >= 0.3 is 12.1 Å². The highest BCUT2D eigenvalue weighted by Crippen LogP contribution is 2.37. The quantitative estimate of drug-likeness (QED) is 0.341. The molecular formula is C21H18ClF3N2O4S. The summed E-state index contributed by atoms with van der Waals surface area (Å²) in [6.07, 6.45) is -2.82. The summed E-state index contributed by atoms with van der Waals surface area (Å²) in [4.78, 5) is 35.4. The average Bonchev–Trinajstić information content (AvgIpc) is 2.71. The Bertz CT molecular complexity index is 1040. The van der Waals surface area contributed by atoms with Gasteiger partial charge in [-0.05, 0) is 42.8 Å². The van der Waals surface area contributed by atoms with E-state index in [1.165, 1.54) is 6.07 Å². The molecule has 3 N–H and O–H groups in total. The van der Waals surface area contributed by atoms with Gasteiger partial charge in [-0.1, -0.05) is 24.6 Å². The first kappa shape index (κ1) is 25.3. The van der Waals surface area contributed by atoms with Gasteiger partial charge in [0.25, 0.3) is 0 Å². The summed E-state index contributed by atoms with van der Waals surface area (Å²) in [6, 6.07) is 9.53. The minimum absolute atomic E-state index is 0.103. The number of aliphatic carboxylic acids is 1. The normalized spacial score (nSPS) is 12.4. The van der Waals surface area contributed by atoms with Gasteiger partial charge in [-0.3, -0.25) is 9.59 Å². The predicted molar refractivity (Wildman–Crippen MR) is 117 cm³/mol. The van der Waals surface area contributed by atoms with E-state index in [-0.39, 0.29) is 5.02 Å². The number of carboxylic acids is 1. The molecule has 0 aliphatic rings. The van der Waals surface area contributed by atoms with Gasteiger partial charge < -0.3 is 15.7 Å². The van der Waals surface area contributed by atoms with Gasteiger partial charge in [0.2, 0.25) is 11.8 Å². The van der Waals surface area contributed by atoms with E-state index in [0.29, 0.717) is 23.1 Å². The monoisotopic (exact) mass is 486 g/mol. The Balaban J connectivity index is 2.13. The molecule has 11 heteroatoms. The SMILES string of the molecule is CCC(Sc1cccc(NC(=O)/C=C/C(=O)O)c1)C(=O)Nc1ccc(Cl)cc1C(F)(F)F. The average molecular weight is 487 g/mol. The summed E-state index contributed by atoms with van der Waals surface area (Å²) < 4.78 is 39.8. The molecule has 0 aromatic heterocycles. The zero-order chi connectivity index (χ0) is 23.9. The number of hydrogen-bond acceptors (Lipinski definition) is 4. The van der Waals surface area contributed by atoms with Crippen LogP contribution in [0.4, 0.5) is 24.5 Å². The first-order valence-corrected chi connectivity index (χ1v) is 10.4. The Morgan fingerprint density at radius 3 is 2.47 bits per heavy atom. The molecule has 0 aliphatic heterocycles. The molecule has 0 radical (unpaired) electrons. The van der Waals surface area contributed by atoms with Crippen LogP contribution in [-0.4, -0.2) is 28.1 Å². The van der Waals surface area contributed by atoms with E-state index in [1.807, 2.05) is 0 Å². The van der Waals surface area contributed by atoms with Crippen molar-refractivity contribution in [3.05, 3.63) is 65.2 Å². The van der Waals surface area contributed by atoms with Gasteiger partial charge in [0, 0.05) is 27.8 Å². The van der Waals surface area contributed by atoms with Crippen molar-refractivity contribution in [3.63, 3.8) is 0 Å². The number of hydrogen-bond donors (Lipinski definition) is 3. The number of anilines is 2. The summed E-state index contributed by atoms with van der Waals surface area (Å²) in [5, 5.41) is 12.5. The molecule has 170 valence electrons. The van der Waals surface area contributed by atoms with Gasteiger partial charge in [0.15, 0.2) is 0 Å². The van der Waals surface area contributed by atoms with Crippen LogP contribution in [0.3, 0.4) is 0 Å². The molecule has 2 aromatic carbocycles. The number of alkyl halides is 3. The van der Waals surface area contributed by atoms with E-state index in [1.54, 1.807) is 31.2 Å².